The number of nitro groups is 1. The number of likely N-dealkylation sites (tertiary alicyclic amines) is 1. The van der Waals surface area contributed by atoms with E-state index in [1.807, 2.05) is 6.92 Å². The number of nitrogens with one attached hydrogen (secondary N) is 1. The van der Waals surface area contributed by atoms with Crippen LogP contribution in [0.1, 0.15) is 18.4 Å². The zero-order valence-corrected chi connectivity index (χ0v) is 13.5. The Labute approximate surface area is 135 Å². The minimum atomic E-state index is -0.431. The van der Waals surface area contributed by atoms with Gasteiger partial charge in [-0.3, -0.25) is 10.1 Å². The molecule has 1 aliphatic rings. The standard InChI is InChI=1S/C15H22ClN3O3/c1-11-8-13(19(21)22)9-14(16)15(11)17-10-12-2-4-18(5-3-12)6-7-20/h8-9,12,17,20H,2-7,10H2,1H3. The molecule has 0 amide bonds. The first-order valence-electron chi connectivity index (χ1n) is 7.53. The van der Waals surface area contributed by atoms with Crippen LogP contribution in [0.2, 0.25) is 5.02 Å². The predicted octanol–water partition coefficient (Wildman–Crippen LogP) is 2.67. The van der Waals surface area contributed by atoms with Crippen LogP contribution in [0.5, 0.6) is 0 Å². The van der Waals surface area contributed by atoms with E-state index in [1.54, 1.807) is 0 Å². The molecule has 2 rings (SSSR count). The number of β-amino-alcohol motifs (C(OH)–C–C–N with tert-alkyl or cyclic N) is 1. The van der Waals surface area contributed by atoms with Gasteiger partial charge < -0.3 is 15.3 Å². The second-order valence-corrected chi connectivity index (χ2v) is 6.17. The molecule has 7 heteroatoms. The smallest absolute Gasteiger partial charge is 0.271 e. The van der Waals surface area contributed by atoms with E-state index in [1.165, 1.54) is 12.1 Å². The van der Waals surface area contributed by atoms with Gasteiger partial charge in [0, 0.05) is 25.2 Å². The van der Waals surface area contributed by atoms with Gasteiger partial charge in [0.2, 0.25) is 0 Å². The van der Waals surface area contributed by atoms with Crippen molar-refractivity contribution in [3.8, 4) is 0 Å². The molecule has 1 saturated heterocycles. The highest BCUT2D eigenvalue weighted by Crippen LogP contribution is 2.31. The van der Waals surface area contributed by atoms with Gasteiger partial charge in [-0.15, -0.1) is 0 Å². The Balaban J connectivity index is 1.91. The average molecular weight is 328 g/mol. The second kappa shape index (κ2) is 7.76. The lowest BCUT2D eigenvalue weighted by Crippen LogP contribution is -2.37. The molecule has 1 heterocycles. The third-order valence-corrected chi connectivity index (χ3v) is 4.47. The number of hydrogen-bond donors (Lipinski definition) is 2. The highest BCUT2D eigenvalue weighted by atomic mass is 35.5. The predicted molar refractivity (Wildman–Crippen MR) is 87.6 cm³/mol. The number of aliphatic hydroxyl groups is 1. The topological polar surface area (TPSA) is 78.6 Å². The Morgan fingerprint density at radius 3 is 2.68 bits per heavy atom. The fourth-order valence-corrected chi connectivity index (χ4v) is 3.18. The Morgan fingerprint density at radius 2 is 2.14 bits per heavy atom. The number of halogens is 1. The van der Waals surface area contributed by atoms with E-state index in [0.717, 1.165) is 50.3 Å². The molecular formula is C15H22ClN3O3. The molecule has 0 bridgehead atoms. The number of anilines is 1. The number of aryl methyl sites for hydroxylation is 1. The van der Waals surface area contributed by atoms with Crippen molar-refractivity contribution in [2.45, 2.75) is 19.8 Å². The lowest BCUT2D eigenvalue weighted by atomic mass is 9.96. The maximum atomic E-state index is 10.8. The number of piperidine rings is 1. The Morgan fingerprint density at radius 1 is 1.45 bits per heavy atom. The first-order valence-corrected chi connectivity index (χ1v) is 7.90. The first-order chi connectivity index (χ1) is 10.5. The number of nitro benzene ring substituents is 1. The molecule has 6 nitrogen and oxygen atoms in total. The molecule has 1 aromatic carbocycles. The highest BCUT2D eigenvalue weighted by Gasteiger charge is 2.19. The number of aliphatic hydroxyl groups excluding tert-OH is 1. The van der Waals surface area contributed by atoms with Crippen LogP contribution in [0.3, 0.4) is 0 Å². The van der Waals surface area contributed by atoms with Crippen molar-refractivity contribution in [3.05, 3.63) is 32.8 Å². The molecule has 0 atom stereocenters. The van der Waals surface area contributed by atoms with Crippen molar-refractivity contribution in [1.29, 1.82) is 0 Å². The van der Waals surface area contributed by atoms with Crippen molar-refractivity contribution in [2.24, 2.45) is 5.92 Å². The van der Waals surface area contributed by atoms with Gasteiger partial charge >= 0.3 is 0 Å². The summed E-state index contributed by atoms with van der Waals surface area (Å²) in [5, 5.41) is 23.5. The van der Waals surface area contributed by atoms with Gasteiger partial charge in [-0.25, -0.2) is 0 Å². The fraction of sp³-hybridized carbons (Fsp3) is 0.600. The van der Waals surface area contributed by atoms with Crippen LogP contribution < -0.4 is 5.32 Å². The summed E-state index contributed by atoms with van der Waals surface area (Å²) in [6.45, 7) is 5.59. The fourth-order valence-electron chi connectivity index (χ4n) is 2.86. The van der Waals surface area contributed by atoms with E-state index in [9.17, 15) is 10.1 Å². The molecule has 2 N–H and O–H groups in total. The Bertz CT molecular complexity index is 508. The maximum absolute atomic E-state index is 10.8. The first kappa shape index (κ1) is 17.0. The van der Waals surface area contributed by atoms with Gasteiger partial charge in [0.25, 0.3) is 5.69 Å². The van der Waals surface area contributed by atoms with Crippen molar-refractivity contribution in [3.63, 3.8) is 0 Å². The van der Waals surface area contributed by atoms with E-state index < -0.39 is 4.92 Å². The second-order valence-electron chi connectivity index (χ2n) is 5.77. The van der Waals surface area contributed by atoms with Crippen LogP contribution in [-0.4, -0.2) is 47.7 Å². The molecule has 0 aliphatic carbocycles. The Kier molecular flexibility index (Phi) is 5.99. The van der Waals surface area contributed by atoms with E-state index in [4.69, 9.17) is 16.7 Å². The van der Waals surface area contributed by atoms with Crippen LogP contribution in [0.25, 0.3) is 0 Å². The van der Waals surface area contributed by atoms with E-state index >= 15 is 0 Å². The third-order valence-electron chi connectivity index (χ3n) is 4.17. The lowest BCUT2D eigenvalue weighted by Gasteiger charge is -2.31. The monoisotopic (exact) mass is 327 g/mol. The molecule has 0 radical (unpaired) electrons. The van der Waals surface area contributed by atoms with E-state index in [0.29, 0.717) is 10.9 Å². The SMILES string of the molecule is Cc1cc([N+](=O)[O-])cc(Cl)c1NCC1CCN(CCO)CC1. The van der Waals surface area contributed by atoms with Crippen molar-refractivity contribution >= 4 is 23.0 Å². The highest BCUT2D eigenvalue weighted by molar-refractivity contribution is 6.33. The number of benzene rings is 1. The quantitative estimate of drug-likeness (QED) is 0.620. The number of non-ortho nitro benzene ring substituents is 1. The summed E-state index contributed by atoms with van der Waals surface area (Å²) < 4.78 is 0. The molecule has 22 heavy (non-hydrogen) atoms. The minimum absolute atomic E-state index is 0.0189. The van der Waals surface area contributed by atoms with Gasteiger partial charge in [-0.1, -0.05) is 11.6 Å². The summed E-state index contributed by atoms with van der Waals surface area (Å²) in [6.07, 6.45) is 2.16. The van der Waals surface area contributed by atoms with Gasteiger partial charge in [0.15, 0.2) is 0 Å². The summed E-state index contributed by atoms with van der Waals surface area (Å²) in [6, 6.07) is 2.93. The van der Waals surface area contributed by atoms with Crippen molar-refractivity contribution < 1.29 is 10.0 Å². The minimum Gasteiger partial charge on any atom is -0.395 e. The molecular weight excluding hydrogens is 306 g/mol. The van der Waals surface area contributed by atoms with Crippen LogP contribution >= 0.6 is 11.6 Å². The largest absolute Gasteiger partial charge is 0.395 e. The normalized spacial score (nSPS) is 16.7. The van der Waals surface area contributed by atoms with Gasteiger partial charge in [-0.2, -0.15) is 0 Å². The zero-order chi connectivity index (χ0) is 16.1. The van der Waals surface area contributed by atoms with Gasteiger partial charge in [0.1, 0.15) is 0 Å². The summed E-state index contributed by atoms with van der Waals surface area (Å²) in [7, 11) is 0. The van der Waals surface area contributed by atoms with Crippen LogP contribution in [0, 0.1) is 23.0 Å². The molecule has 0 saturated carbocycles. The zero-order valence-electron chi connectivity index (χ0n) is 12.7. The molecule has 122 valence electrons. The van der Waals surface area contributed by atoms with Crippen LogP contribution in [-0.2, 0) is 0 Å². The molecule has 1 fully saturated rings. The molecule has 0 aromatic heterocycles. The Hall–Kier alpha value is -1.37. The van der Waals surface area contributed by atoms with Crippen LogP contribution in [0.4, 0.5) is 11.4 Å². The number of rotatable bonds is 6. The van der Waals surface area contributed by atoms with Crippen molar-refractivity contribution in [2.75, 3.05) is 38.1 Å². The molecule has 1 aliphatic heterocycles. The van der Waals surface area contributed by atoms with Crippen molar-refractivity contribution in [1.82, 2.24) is 4.90 Å². The lowest BCUT2D eigenvalue weighted by molar-refractivity contribution is -0.384. The molecule has 0 spiro atoms. The summed E-state index contributed by atoms with van der Waals surface area (Å²) in [5.74, 6) is 0.556. The van der Waals surface area contributed by atoms with E-state index in [-0.39, 0.29) is 12.3 Å². The summed E-state index contributed by atoms with van der Waals surface area (Å²) in [4.78, 5) is 12.6. The van der Waals surface area contributed by atoms with E-state index in [2.05, 4.69) is 10.2 Å². The number of hydrogen-bond acceptors (Lipinski definition) is 5. The third kappa shape index (κ3) is 4.32. The average Bonchev–Trinajstić information content (AvgIpc) is 2.48. The number of nitrogens with zero attached hydrogens (tertiary/aromatic N) is 2. The van der Waals surface area contributed by atoms with Gasteiger partial charge in [-0.05, 0) is 44.3 Å². The maximum Gasteiger partial charge on any atom is 0.271 e. The van der Waals surface area contributed by atoms with Crippen LogP contribution in [0.15, 0.2) is 12.1 Å². The summed E-state index contributed by atoms with van der Waals surface area (Å²) in [5.41, 5.74) is 1.59. The summed E-state index contributed by atoms with van der Waals surface area (Å²) >= 11 is 6.16. The molecule has 1 aromatic rings. The molecule has 0 unspecified atom stereocenters. The van der Waals surface area contributed by atoms with Gasteiger partial charge in [0.05, 0.1) is 22.2 Å².